The van der Waals surface area contributed by atoms with E-state index >= 15 is 0 Å². The fourth-order valence-corrected chi connectivity index (χ4v) is 3.38. The molecular weight excluding hydrogens is 376 g/mol. The van der Waals surface area contributed by atoms with Gasteiger partial charge in [-0.25, -0.2) is 9.59 Å². The molecule has 2 fully saturated rings. The summed E-state index contributed by atoms with van der Waals surface area (Å²) in [5.41, 5.74) is -1.38. The van der Waals surface area contributed by atoms with Crippen LogP contribution in [0, 0.1) is 11.3 Å². The van der Waals surface area contributed by atoms with Crippen molar-refractivity contribution in [1.82, 2.24) is 14.7 Å². The van der Waals surface area contributed by atoms with Crippen LogP contribution < -0.4 is 0 Å². The molecule has 9 nitrogen and oxygen atoms in total. The maximum Gasteiger partial charge on any atom is 0.411 e. The zero-order chi connectivity index (χ0) is 22.0. The van der Waals surface area contributed by atoms with Crippen LogP contribution in [0.5, 0.6) is 0 Å². The first-order valence-corrected chi connectivity index (χ1v) is 10.00. The number of ether oxygens (including phenoxy) is 2. The molecule has 2 heterocycles. The van der Waals surface area contributed by atoms with Gasteiger partial charge in [0.2, 0.25) is 5.91 Å². The van der Waals surface area contributed by atoms with Gasteiger partial charge in [-0.15, -0.1) is 0 Å². The smallest absolute Gasteiger partial charge is 0.411 e. The van der Waals surface area contributed by atoms with Crippen LogP contribution in [0.4, 0.5) is 9.59 Å². The van der Waals surface area contributed by atoms with Crippen LogP contribution in [0.2, 0.25) is 0 Å². The number of nitriles is 1. The van der Waals surface area contributed by atoms with Gasteiger partial charge in [0.25, 0.3) is 0 Å². The predicted molar refractivity (Wildman–Crippen MR) is 105 cm³/mol. The average molecular weight is 408 g/mol. The molecule has 2 aliphatic rings. The predicted octanol–water partition coefficient (Wildman–Crippen LogP) is 2.36. The molecule has 0 spiro atoms. The van der Waals surface area contributed by atoms with Gasteiger partial charge in [-0.2, -0.15) is 5.26 Å². The minimum atomic E-state index is -0.917. The standard InChI is InChI=1S/C20H32N4O5/c1-19(2,3)28-17(26)22-10-11-24(18(27)29-20(4,5)6)15(13-22)16(25)23-9-7-8-14(23)12-21/h14-15H,7-11,13H2,1-6H3. The monoisotopic (exact) mass is 408 g/mol. The lowest BCUT2D eigenvalue weighted by molar-refractivity contribution is -0.139. The first kappa shape index (κ1) is 22.8. The number of likely N-dealkylation sites (tertiary alicyclic amines) is 1. The fraction of sp³-hybridized carbons (Fsp3) is 0.800. The van der Waals surface area contributed by atoms with E-state index in [4.69, 9.17) is 9.47 Å². The van der Waals surface area contributed by atoms with Crippen molar-refractivity contribution in [3.05, 3.63) is 0 Å². The highest BCUT2D eigenvalue weighted by Gasteiger charge is 2.43. The highest BCUT2D eigenvalue weighted by atomic mass is 16.6. The summed E-state index contributed by atoms with van der Waals surface area (Å²) in [7, 11) is 0. The Balaban J connectivity index is 2.23. The van der Waals surface area contributed by atoms with Crippen molar-refractivity contribution >= 4 is 18.1 Å². The molecule has 2 atom stereocenters. The molecule has 0 bridgehead atoms. The van der Waals surface area contributed by atoms with E-state index in [0.29, 0.717) is 13.0 Å². The molecule has 162 valence electrons. The number of amides is 3. The van der Waals surface area contributed by atoms with E-state index in [-0.39, 0.29) is 25.5 Å². The van der Waals surface area contributed by atoms with Crippen molar-refractivity contribution in [2.24, 2.45) is 0 Å². The maximum atomic E-state index is 13.3. The second-order valence-corrected chi connectivity index (χ2v) is 9.43. The minimum Gasteiger partial charge on any atom is -0.444 e. The number of piperazine rings is 1. The molecule has 0 aromatic carbocycles. The van der Waals surface area contributed by atoms with Crippen molar-refractivity contribution < 1.29 is 23.9 Å². The number of nitrogens with zero attached hydrogens (tertiary/aromatic N) is 4. The van der Waals surface area contributed by atoms with Gasteiger partial charge < -0.3 is 19.3 Å². The average Bonchev–Trinajstić information content (AvgIpc) is 3.06. The van der Waals surface area contributed by atoms with Gasteiger partial charge in [-0.1, -0.05) is 0 Å². The van der Waals surface area contributed by atoms with Crippen molar-refractivity contribution in [1.29, 1.82) is 5.26 Å². The van der Waals surface area contributed by atoms with E-state index in [1.165, 1.54) is 14.7 Å². The molecule has 2 aliphatic heterocycles. The molecule has 0 aromatic heterocycles. The summed E-state index contributed by atoms with van der Waals surface area (Å²) < 4.78 is 10.9. The Bertz CT molecular complexity index is 688. The first-order chi connectivity index (χ1) is 13.3. The van der Waals surface area contributed by atoms with Crippen molar-refractivity contribution in [3.8, 4) is 6.07 Å². The Labute approximate surface area is 172 Å². The third-order valence-electron chi connectivity index (χ3n) is 4.63. The van der Waals surface area contributed by atoms with Crippen LogP contribution in [0.25, 0.3) is 0 Å². The van der Waals surface area contributed by atoms with Gasteiger partial charge in [-0.3, -0.25) is 9.69 Å². The van der Waals surface area contributed by atoms with Gasteiger partial charge >= 0.3 is 12.2 Å². The molecule has 3 amide bonds. The maximum absolute atomic E-state index is 13.3. The summed E-state index contributed by atoms with van der Waals surface area (Å²) in [5.74, 6) is -0.340. The van der Waals surface area contributed by atoms with Crippen LogP contribution in [0.3, 0.4) is 0 Å². The number of rotatable bonds is 1. The van der Waals surface area contributed by atoms with E-state index in [9.17, 15) is 19.6 Å². The molecule has 2 rings (SSSR count). The topological polar surface area (TPSA) is 103 Å². The lowest BCUT2D eigenvalue weighted by atomic mass is 10.1. The summed E-state index contributed by atoms with van der Waals surface area (Å²) in [4.78, 5) is 42.8. The van der Waals surface area contributed by atoms with Crippen LogP contribution >= 0.6 is 0 Å². The number of carbonyl (C=O) groups is 3. The molecule has 2 saturated heterocycles. The molecule has 0 N–H and O–H groups in total. The molecule has 0 aromatic rings. The molecule has 0 radical (unpaired) electrons. The Kier molecular flexibility index (Phi) is 6.66. The van der Waals surface area contributed by atoms with Gasteiger partial charge in [0.05, 0.1) is 12.6 Å². The van der Waals surface area contributed by atoms with E-state index in [2.05, 4.69) is 6.07 Å². The number of carbonyl (C=O) groups excluding carboxylic acids is 3. The Morgan fingerprint density at radius 2 is 1.48 bits per heavy atom. The third kappa shape index (κ3) is 5.99. The Morgan fingerprint density at radius 1 is 0.897 bits per heavy atom. The zero-order valence-electron chi connectivity index (χ0n) is 18.2. The SMILES string of the molecule is CC(C)(C)OC(=O)N1CCN(C(=O)OC(C)(C)C)C(C(=O)N2CCCC2C#N)C1. The van der Waals surface area contributed by atoms with Crippen molar-refractivity contribution in [2.75, 3.05) is 26.2 Å². The molecule has 29 heavy (non-hydrogen) atoms. The molecule has 0 saturated carbocycles. The lowest BCUT2D eigenvalue weighted by Gasteiger charge is -2.42. The van der Waals surface area contributed by atoms with E-state index < -0.39 is 35.5 Å². The quantitative estimate of drug-likeness (QED) is 0.660. The minimum absolute atomic E-state index is 0.00163. The summed E-state index contributed by atoms with van der Waals surface area (Å²) in [5, 5.41) is 9.35. The second kappa shape index (κ2) is 8.47. The van der Waals surface area contributed by atoms with Crippen molar-refractivity contribution in [2.45, 2.75) is 77.7 Å². The largest absolute Gasteiger partial charge is 0.444 e. The molecule has 0 aliphatic carbocycles. The Morgan fingerprint density at radius 3 is 2.03 bits per heavy atom. The second-order valence-electron chi connectivity index (χ2n) is 9.43. The fourth-order valence-electron chi connectivity index (χ4n) is 3.38. The van der Waals surface area contributed by atoms with Crippen molar-refractivity contribution in [3.63, 3.8) is 0 Å². The number of hydrogen-bond acceptors (Lipinski definition) is 6. The summed E-state index contributed by atoms with van der Waals surface area (Å²) in [6, 6.07) is 0.716. The zero-order valence-corrected chi connectivity index (χ0v) is 18.2. The summed E-state index contributed by atoms with van der Waals surface area (Å²) in [6.07, 6.45) is 0.209. The molecular formula is C20H32N4O5. The Hall–Kier alpha value is -2.50. The van der Waals surface area contributed by atoms with Gasteiger partial charge in [0, 0.05) is 19.6 Å². The van der Waals surface area contributed by atoms with E-state index in [1.54, 1.807) is 41.5 Å². The first-order valence-electron chi connectivity index (χ1n) is 10.00. The normalized spacial score (nSPS) is 22.9. The summed E-state index contributed by atoms with van der Waals surface area (Å²) in [6.45, 7) is 11.4. The molecule has 2 unspecified atom stereocenters. The van der Waals surface area contributed by atoms with Crippen LogP contribution in [0.1, 0.15) is 54.4 Å². The van der Waals surface area contributed by atoms with Crippen LogP contribution in [0.15, 0.2) is 0 Å². The van der Waals surface area contributed by atoms with Gasteiger partial charge in [0.15, 0.2) is 0 Å². The highest BCUT2D eigenvalue weighted by Crippen LogP contribution is 2.23. The van der Waals surface area contributed by atoms with E-state index in [0.717, 1.165) is 6.42 Å². The molecule has 9 heteroatoms. The summed E-state index contributed by atoms with van der Waals surface area (Å²) >= 11 is 0. The lowest BCUT2D eigenvalue weighted by Crippen LogP contribution is -2.63. The highest BCUT2D eigenvalue weighted by molar-refractivity contribution is 5.87. The third-order valence-corrected chi connectivity index (χ3v) is 4.63. The van der Waals surface area contributed by atoms with Crippen LogP contribution in [-0.2, 0) is 14.3 Å². The van der Waals surface area contributed by atoms with Gasteiger partial charge in [-0.05, 0) is 54.4 Å². The number of hydrogen-bond donors (Lipinski definition) is 0. The van der Waals surface area contributed by atoms with Crippen LogP contribution in [-0.4, -0.2) is 82.3 Å². The van der Waals surface area contributed by atoms with Gasteiger partial charge in [0.1, 0.15) is 23.3 Å². The van der Waals surface area contributed by atoms with E-state index in [1.807, 2.05) is 0 Å².